The number of furan rings is 2. The van der Waals surface area contributed by atoms with Gasteiger partial charge < -0.3 is 13.9 Å². The highest BCUT2D eigenvalue weighted by molar-refractivity contribution is 6.22. The first-order chi connectivity index (χ1) is 13.8. The van der Waals surface area contributed by atoms with E-state index in [9.17, 15) is 9.90 Å². The lowest BCUT2D eigenvalue weighted by atomic mass is 9.95. The van der Waals surface area contributed by atoms with E-state index in [0.29, 0.717) is 6.42 Å². The minimum atomic E-state index is -1.06. The van der Waals surface area contributed by atoms with E-state index in [1.54, 1.807) is 19.5 Å². The quantitative estimate of drug-likeness (QED) is 0.314. The summed E-state index contributed by atoms with van der Waals surface area (Å²) in [6.07, 6.45) is 12.6. The van der Waals surface area contributed by atoms with Crippen molar-refractivity contribution in [1.29, 1.82) is 0 Å². The number of alkyl halides is 1. The van der Waals surface area contributed by atoms with E-state index in [1.807, 2.05) is 19.3 Å². The fourth-order valence-corrected chi connectivity index (χ4v) is 3.50. The standard InChI is InChI=1S/C24H33ClO4/c1-17(6-4-8-18(2)12-23(26)24(27)19(3)25)7-5-9-20-13-22(29-16-20)14-21-10-11-28-15-21/h6,10-11,13,15-16,18-19,24,27H,4-5,7-9,12,14H2,1-3H3/b17-6-. The third-order valence-corrected chi connectivity index (χ3v) is 5.41. The SMILES string of the molecule is C/C(=C/CCC(C)CC(=O)C(O)C(C)Cl)CCCc1coc(Cc2ccoc2)c1. The molecular weight excluding hydrogens is 388 g/mol. The molecule has 0 amide bonds. The van der Waals surface area contributed by atoms with Crippen molar-refractivity contribution in [3.05, 3.63) is 59.5 Å². The first-order valence-corrected chi connectivity index (χ1v) is 10.9. The van der Waals surface area contributed by atoms with Crippen LogP contribution in [0.4, 0.5) is 0 Å². The number of allylic oxidation sites excluding steroid dienone is 2. The van der Waals surface area contributed by atoms with Crippen LogP contribution in [0.3, 0.4) is 0 Å². The van der Waals surface area contributed by atoms with Crippen LogP contribution in [-0.4, -0.2) is 22.4 Å². The summed E-state index contributed by atoms with van der Waals surface area (Å²) < 4.78 is 10.7. The summed E-state index contributed by atoms with van der Waals surface area (Å²) in [5.74, 6) is 1.05. The summed E-state index contributed by atoms with van der Waals surface area (Å²) in [7, 11) is 0. The molecule has 0 saturated carbocycles. The zero-order chi connectivity index (χ0) is 21.2. The Hall–Kier alpha value is -1.78. The molecule has 5 heteroatoms. The van der Waals surface area contributed by atoms with Crippen LogP contribution >= 0.6 is 11.6 Å². The molecular formula is C24H33ClO4. The zero-order valence-corrected chi connectivity index (χ0v) is 18.5. The number of carbonyl (C=O) groups is 1. The molecule has 2 rings (SSSR count). The molecule has 0 fully saturated rings. The number of carbonyl (C=O) groups excluding carboxylic acids is 1. The molecule has 1 N–H and O–H groups in total. The van der Waals surface area contributed by atoms with Crippen molar-refractivity contribution >= 4 is 17.4 Å². The number of hydrogen-bond acceptors (Lipinski definition) is 4. The number of ketones is 1. The Bertz CT molecular complexity index is 758. The number of hydrogen-bond donors (Lipinski definition) is 1. The van der Waals surface area contributed by atoms with E-state index >= 15 is 0 Å². The number of aliphatic hydroxyl groups excluding tert-OH is 1. The van der Waals surface area contributed by atoms with Crippen LogP contribution < -0.4 is 0 Å². The molecule has 29 heavy (non-hydrogen) atoms. The highest BCUT2D eigenvalue weighted by Crippen LogP contribution is 2.18. The summed E-state index contributed by atoms with van der Waals surface area (Å²) in [5.41, 5.74) is 3.72. The van der Waals surface area contributed by atoms with Gasteiger partial charge in [-0.25, -0.2) is 0 Å². The lowest BCUT2D eigenvalue weighted by molar-refractivity contribution is -0.127. The van der Waals surface area contributed by atoms with Crippen molar-refractivity contribution in [2.24, 2.45) is 5.92 Å². The summed E-state index contributed by atoms with van der Waals surface area (Å²) in [6.45, 7) is 5.85. The zero-order valence-electron chi connectivity index (χ0n) is 17.7. The van der Waals surface area contributed by atoms with Crippen molar-refractivity contribution in [1.82, 2.24) is 0 Å². The fraction of sp³-hybridized carbons (Fsp3) is 0.542. The molecule has 0 aliphatic heterocycles. The molecule has 2 heterocycles. The van der Waals surface area contributed by atoms with Crippen molar-refractivity contribution in [3.63, 3.8) is 0 Å². The lowest BCUT2D eigenvalue weighted by Crippen LogP contribution is -2.29. The number of rotatable bonds is 13. The van der Waals surface area contributed by atoms with Gasteiger partial charge in [-0.1, -0.05) is 18.6 Å². The third kappa shape index (κ3) is 8.63. The second-order valence-corrected chi connectivity index (χ2v) is 8.80. The highest BCUT2D eigenvalue weighted by Gasteiger charge is 2.21. The molecule has 3 atom stereocenters. The van der Waals surface area contributed by atoms with E-state index in [1.165, 1.54) is 11.1 Å². The Morgan fingerprint density at radius 3 is 2.76 bits per heavy atom. The van der Waals surface area contributed by atoms with Gasteiger partial charge in [-0.15, -0.1) is 11.6 Å². The minimum Gasteiger partial charge on any atom is -0.472 e. The maximum atomic E-state index is 11.9. The Morgan fingerprint density at radius 1 is 1.28 bits per heavy atom. The van der Waals surface area contributed by atoms with E-state index in [0.717, 1.165) is 49.8 Å². The number of halogens is 1. The van der Waals surface area contributed by atoms with Crippen LogP contribution in [-0.2, 0) is 17.6 Å². The molecule has 0 aliphatic rings. The van der Waals surface area contributed by atoms with Crippen molar-refractivity contribution < 1.29 is 18.7 Å². The molecule has 0 bridgehead atoms. The second-order valence-electron chi connectivity index (χ2n) is 8.11. The van der Waals surface area contributed by atoms with Gasteiger partial charge in [0.05, 0.1) is 24.2 Å². The molecule has 160 valence electrons. The smallest absolute Gasteiger partial charge is 0.163 e. The minimum absolute atomic E-state index is 0.159. The van der Waals surface area contributed by atoms with E-state index in [2.05, 4.69) is 19.1 Å². The maximum absolute atomic E-state index is 11.9. The molecule has 2 aromatic heterocycles. The lowest BCUT2D eigenvalue weighted by Gasteiger charge is -2.15. The van der Waals surface area contributed by atoms with Gasteiger partial charge in [0.1, 0.15) is 11.9 Å². The van der Waals surface area contributed by atoms with Crippen molar-refractivity contribution in [3.8, 4) is 0 Å². The Balaban J connectivity index is 1.63. The van der Waals surface area contributed by atoms with Gasteiger partial charge in [0, 0.05) is 12.8 Å². The molecule has 2 aromatic rings. The van der Waals surface area contributed by atoms with Crippen molar-refractivity contribution in [2.45, 2.75) is 77.2 Å². The van der Waals surface area contributed by atoms with Crippen LogP contribution in [0.25, 0.3) is 0 Å². The second kappa shape index (κ2) is 12.0. The molecule has 0 spiro atoms. The molecule has 0 aliphatic carbocycles. The third-order valence-electron chi connectivity index (χ3n) is 5.17. The largest absolute Gasteiger partial charge is 0.472 e. The summed E-state index contributed by atoms with van der Waals surface area (Å²) >= 11 is 5.79. The molecule has 0 saturated heterocycles. The van der Waals surface area contributed by atoms with Gasteiger partial charge in [-0.3, -0.25) is 4.79 Å². The van der Waals surface area contributed by atoms with Gasteiger partial charge in [0.2, 0.25) is 0 Å². The molecule has 3 unspecified atom stereocenters. The van der Waals surface area contributed by atoms with Gasteiger partial charge in [0.25, 0.3) is 0 Å². The predicted molar refractivity (Wildman–Crippen MR) is 116 cm³/mol. The Morgan fingerprint density at radius 2 is 2.07 bits per heavy atom. The number of Topliss-reactive ketones (excluding diaryl/α,β-unsaturated/α-hetero) is 1. The Kier molecular flexibility index (Phi) is 9.75. The summed E-state index contributed by atoms with van der Waals surface area (Å²) in [5, 5.41) is 9.18. The van der Waals surface area contributed by atoms with Crippen molar-refractivity contribution in [2.75, 3.05) is 0 Å². The van der Waals surface area contributed by atoms with Gasteiger partial charge in [0.15, 0.2) is 5.78 Å². The Labute approximate surface area is 178 Å². The molecule has 4 nitrogen and oxygen atoms in total. The fourth-order valence-electron chi connectivity index (χ4n) is 3.35. The maximum Gasteiger partial charge on any atom is 0.163 e. The van der Waals surface area contributed by atoms with E-state index < -0.39 is 11.5 Å². The van der Waals surface area contributed by atoms with Gasteiger partial charge in [-0.05, 0) is 75.1 Å². The highest BCUT2D eigenvalue weighted by atomic mass is 35.5. The van der Waals surface area contributed by atoms with Crippen LogP contribution in [0.15, 0.2) is 51.4 Å². The predicted octanol–water partition coefficient (Wildman–Crippen LogP) is 6.10. The van der Waals surface area contributed by atoms with E-state index in [-0.39, 0.29) is 11.7 Å². The van der Waals surface area contributed by atoms with Crippen LogP contribution in [0.2, 0.25) is 0 Å². The van der Waals surface area contributed by atoms with Crippen LogP contribution in [0.5, 0.6) is 0 Å². The topological polar surface area (TPSA) is 63.6 Å². The average molecular weight is 421 g/mol. The van der Waals surface area contributed by atoms with Crippen LogP contribution in [0.1, 0.15) is 69.8 Å². The summed E-state index contributed by atoms with van der Waals surface area (Å²) in [4.78, 5) is 11.9. The normalized spacial score (nSPS) is 15.3. The first kappa shape index (κ1) is 23.5. The molecule has 0 radical (unpaired) electrons. The number of aliphatic hydroxyl groups is 1. The monoisotopic (exact) mass is 420 g/mol. The van der Waals surface area contributed by atoms with Gasteiger partial charge in [-0.2, -0.15) is 0 Å². The molecule has 0 aromatic carbocycles. The van der Waals surface area contributed by atoms with Crippen LogP contribution in [0, 0.1) is 5.92 Å². The summed E-state index contributed by atoms with van der Waals surface area (Å²) in [6, 6.07) is 4.08. The average Bonchev–Trinajstić information content (AvgIpc) is 3.33. The van der Waals surface area contributed by atoms with E-state index in [4.69, 9.17) is 20.4 Å². The number of aryl methyl sites for hydroxylation is 1. The first-order valence-electron chi connectivity index (χ1n) is 10.4. The van der Waals surface area contributed by atoms with Gasteiger partial charge >= 0.3 is 0 Å².